The van der Waals surface area contributed by atoms with Crippen molar-refractivity contribution in [3.05, 3.63) is 35.5 Å². The maximum atomic E-state index is 10.5. The SMILES string of the molecule is O=[N+](O)c1ccc(-c2ncn[nH]2)cc1. The molecule has 0 saturated carbocycles. The Morgan fingerprint density at radius 1 is 1.29 bits per heavy atom. The van der Waals surface area contributed by atoms with E-state index in [4.69, 9.17) is 5.21 Å². The van der Waals surface area contributed by atoms with Crippen molar-refractivity contribution < 1.29 is 10.1 Å². The smallest absolute Gasteiger partial charge is 0.259 e. The van der Waals surface area contributed by atoms with Crippen molar-refractivity contribution in [2.24, 2.45) is 0 Å². The number of H-pyrrole nitrogens is 1. The van der Waals surface area contributed by atoms with E-state index in [2.05, 4.69) is 15.2 Å². The van der Waals surface area contributed by atoms with Gasteiger partial charge in [-0.3, -0.25) is 5.10 Å². The van der Waals surface area contributed by atoms with Crippen LogP contribution in [0.15, 0.2) is 30.6 Å². The van der Waals surface area contributed by atoms with E-state index >= 15 is 0 Å². The Morgan fingerprint density at radius 2 is 2.00 bits per heavy atom. The van der Waals surface area contributed by atoms with Gasteiger partial charge in [0.2, 0.25) is 0 Å². The number of aromatic amines is 1. The fourth-order valence-corrected chi connectivity index (χ4v) is 1.09. The summed E-state index contributed by atoms with van der Waals surface area (Å²) in [6.45, 7) is 0. The van der Waals surface area contributed by atoms with Crippen LogP contribution < -0.4 is 0 Å². The molecular formula is C8H7N4O2+. The summed E-state index contributed by atoms with van der Waals surface area (Å²) in [5, 5.41) is 15.0. The van der Waals surface area contributed by atoms with Gasteiger partial charge in [0.25, 0.3) is 4.92 Å². The molecule has 6 heteroatoms. The minimum atomic E-state index is -0.190. The maximum absolute atomic E-state index is 10.5. The van der Waals surface area contributed by atoms with E-state index in [0.29, 0.717) is 5.82 Å². The van der Waals surface area contributed by atoms with Crippen molar-refractivity contribution >= 4 is 5.69 Å². The predicted octanol–water partition coefficient (Wildman–Crippen LogP) is 1.27. The van der Waals surface area contributed by atoms with Gasteiger partial charge in [-0.15, -0.1) is 0 Å². The van der Waals surface area contributed by atoms with Gasteiger partial charge in [-0.05, 0) is 12.1 Å². The molecule has 2 aromatic rings. The van der Waals surface area contributed by atoms with Crippen molar-refractivity contribution in [3.63, 3.8) is 0 Å². The molecule has 6 nitrogen and oxygen atoms in total. The molecule has 70 valence electrons. The second-order valence-corrected chi connectivity index (χ2v) is 2.65. The largest absolute Gasteiger partial charge is 0.316 e. The lowest BCUT2D eigenvalue weighted by Crippen LogP contribution is -1.91. The highest BCUT2D eigenvalue weighted by atomic mass is 16.6. The molecule has 0 aliphatic heterocycles. The number of aromatic nitrogens is 3. The molecule has 1 aromatic heterocycles. The number of hydrogen-bond acceptors (Lipinski definition) is 3. The zero-order chi connectivity index (χ0) is 9.97. The van der Waals surface area contributed by atoms with Gasteiger partial charge in [-0.1, -0.05) is 0 Å². The molecule has 1 aromatic carbocycles. The molecule has 0 amide bonds. The topological polar surface area (TPSA) is 81.9 Å². The van der Waals surface area contributed by atoms with Crippen LogP contribution in [0.3, 0.4) is 0 Å². The van der Waals surface area contributed by atoms with Crippen molar-refractivity contribution in [3.8, 4) is 11.4 Å². The van der Waals surface area contributed by atoms with Crippen molar-refractivity contribution in [2.45, 2.75) is 0 Å². The van der Waals surface area contributed by atoms with Crippen LogP contribution in [0.25, 0.3) is 11.4 Å². The summed E-state index contributed by atoms with van der Waals surface area (Å²) in [6, 6.07) is 6.31. The minimum Gasteiger partial charge on any atom is -0.259 e. The summed E-state index contributed by atoms with van der Waals surface area (Å²) >= 11 is 0. The van der Waals surface area contributed by atoms with Crippen LogP contribution in [-0.4, -0.2) is 25.3 Å². The molecule has 0 saturated heterocycles. The first kappa shape index (κ1) is 8.36. The van der Waals surface area contributed by atoms with Gasteiger partial charge in [-0.2, -0.15) is 5.10 Å². The third-order valence-electron chi connectivity index (χ3n) is 1.78. The molecule has 14 heavy (non-hydrogen) atoms. The van der Waals surface area contributed by atoms with Gasteiger partial charge in [0, 0.05) is 17.7 Å². The lowest BCUT2D eigenvalue weighted by atomic mass is 10.2. The van der Waals surface area contributed by atoms with Crippen LogP contribution in [0.2, 0.25) is 0 Å². The van der Waals surface area contributed by atoms with E-state index in [0.717, 1.165) is 5.56 Å². The third-order valence-corrected chi connectivity index (χ3v) is 1.78. The van der Waals surface area contributed by atoms with Crippen LogP contribution in [0.1, 0.15) is 0 Å². The Labute approximate surface area is 78.8 Å². The summed E-state index contributed by atoms with van der Waals surface area (Å²) < 4.78 is 0. The zero-order valence-corrected chi connectivity index (χ0v) is 7.08. The highest BCUT2D eigenvalue weighted by Crippen LogP contribution is 2.17. The van der Waals surface area contributed by atoms with Crippen LogP contribution in [0.4, 0.5) is 5.69 Å². The van der Waals surface area contributed by atoms with E-state index in [9.17, 15) is 4.91 Å². The molecule has 0 radical (unpaired) electrons. The van der Waals surface area contributed by atoms with E-state index in [1.807, 2.05) is 0 Å². The fraction of sp³-hybridized carbons (Fsp3) is 0. The molecule has 0 aliphatic carbocycles. The summed E-state index contributed by atoms with van der Waals surface area (Å²) in [7, 11) is 0. The number of rotatable bonds is 2. The maximum Gasteiger partial charge on any atom is 0.316 e. The molecule has 0 aliphatic rings. The van der Waals surface area contributed by atoms with Gasteiger partial charge in [0.1, 0.15) is 6.33 Å². The summed E-state index contributed by atoms with van der Waals surface area (Å²) in [5.74, 6) is 0.618. The van der Waals surface area contributed by atoms with Crippen molar-refractivity contribution in [1.29, 1.82) is 0 Å². The lowest BCUT2D eigenvalue weighted by molar-refractivity contribution is -0.729. The molecule has 0 unspecified atom stereocenters. The van der Waals surface area contributed by atoms with Gasteiger partial charge >= 0.3 is 5.69 Å². The number of benzene rings is 1. The fourth-order valence-electron chi connectivity index (χ4n) is 1.09. The first-order valence-electron chi connectivity index (χ1n) is 3.89. The molecule has 0 fully saturated rings. The van der Waals surface area contributed by atoms with E-state index < -0.39 is 0 Å². The minimum absolute atomic E-state index is 0.174. The molecular weight excluding hydrogens is 184 g/mol. The number of nitrogens with zero attached hydrogens (tertiary/aromatic N) is 3. The Hall–Kier alpha value is -2.24. The second-order valence-electron chi connectivity index (χ2n) is 2.65. The zero-order valence-electron chi connectivity index (χ0n) is 7.08. The highest BCUT2D eigenvalue weighted by Gasteiger charge is 2.10. The molecule has 2 rings (SSSR count). The van der Waals surface area contributed by atoms with E-state index in [1.165, 1.54) is 18.5 Å². The van der Waals surface area contributed by atoms with Gasteiger partial charge < -0.3 is 0 Å². The monoisotopic (exact) mass is 191 g/mol. The van der Waals surface area contributed by atoms with Crippen molar-refractivity contribution in [2.75, 3.05) is 0 Å². The normalized spacial score (nSPS) is 10.0. The van der Waals surface area contributed by atoms with E-state index in [-0.39, 0.29) is 10.6 Å². The number of hydrogen-bond donors (Lipinski definition) is 2. The van der Waals surface area contributed by atoms with Crippen LogP contribution in [0, 0.1) is 4.91 Å². The quantitative estimate of drug-likeness (QED) is 0.700. The average molecular weight is 191 g/mol. The molecule has 1 heterocycles. The Balaban J connectivity index is 2.36. The van der Waals surface area contributed by atoms with Crippen LogP contribution in [-0.2, 0) is 0 Å². The van der Waals surface area contributed by atoms with E-state index in [1.54, 1.807) is 12.1 Å². The van der Waals surface area contributed by atoms with Gasteiger partial charge in [-0.25, -0.2) is 10.2 Å². The van der Waals surface area contributed by atoms with Crippen molar-refractivity contribution in [1.82, 2.24) is 15.2 Å². The van der Waals surface area contributed by atoms with Crippen LogP contribution in [0.5, 0.6) is 0 Å². The standard InChI is InChI=1S/C8H7N4O2/c13-12(14)7-3-1-6(2-4-7)8-9-5-10-11-8/h1-5H,(H,13,14)(H,9,10,11)/q+1. The second kappa shape index (κ2) is 3.25. The summed E-state index contributed by atoms with van der Waals surface area (Å²) in [6.07, 6.45) is 1.40. The average Bonchev–Trinajstić information content (AvgIpc) is 2.71. The molecule has 0 spiro atoms. The van der Waals surface area contributed by atoms with Gasteiger partial charge in [0.05, 0.1) is 4.91 Å². The Kier molecular flexibility index (Phi) is 1.94. The molecule has 2 N–H and O–H groups in total. The lowest BCUT2D eigenvalue weighted by Gasteiger charge is -1.92. The highest BCUT2D eigenvalue weighted by molar-refractivity contribution is 5.56. The van der Waals surface area contributed by atoms with Crippen LogP contribution >= 0.6 is 0 Å². The summed E-state index contributed by atoms with van der Waals surface area (Å²) in [5.41, 5.74) is 0.973. The first-order chi connectivity index (χ1) is 6.77. The third kappa shape index (κ3) is 1.45. The first-order valence-corrected chi connectivity index (χ1v) is 3.89. The molecule has 0 bridgehead atoms. The Morgan fingerprint density at radius 3 is 2.50 bits per heavy atom. The predicted molar refractivity (Wildman–Crippen MR) is 46.9 cm³/mol. The van der Waals surface area contributed by atoms with Gasteiger partial charge in [0.15, 0.2) is 5.82 Å². The summed E-state index contributed by atoms with van der Waals surface area (Å²) in [4.78, 5) is 14.2. The molecule has 0 atom stereocenters. The number of nitrogens with one attached hydrogen (secondary N) is 1. The Bertz CT molecular complexity index is 435.